The fraction of sp³-hybridized carbons (Fsp3) is 0.778. The Kier molecular flexibility index (Phi) is 4.45. The number of carbonyl (C=O) groups excluding carboxylic acids is 1. The fourth-order valence-corrected chi connectivity index (χ4v) is 0.405. The zero-order chi connectivity index (χ0) is 10.5. The average molecular weight is 186 g/mol. The number of oxime groups is 1. The van der Waals surface area contributed by atoms with Gasteiger partial charge in [-0.15, -0.1) is 0 Å². The van der Waals surface area contributed by atoms with Crippen LogP contribution in [0, 0.1) is 11.3 Å². The van der Waals surface area contributed by atoms with Gasteiger partial charge in [0.25, 0.3) is 0 Å². The van der Waals surface area contributed by atoms with Crippen molar-refractivity contribution in [1.29, 1.82) is 0 Å². The summed E-state index contributed by atoms with van der Waals surface area (Å²) >= 11 is 0. The third-order valence-electron chi connectivity index (χ3n) is 2.21. The van der Waals surface area contributed by atoms with Crippen LogP contribution in [0.4, 0.5) is 4.79 Å². The number of hydrogen-bond acceptors (Lipinski definition) is 3. The summed E-state index contributed by atoms with van der Waals surface area (Å²) in [6.45, 7) is 8.25. The van der Waals surface area contributed by atoms with Gasteiger partial charge >= 0.3 is 6.09 Å². The summed E-state index contributed by atoms with van der Waals surface area (Å²) in [4.78, 5) is 15.1. The van der Waals surface area contributed by atoms with E-state index in [1.54, 1.807) is 6.21 Å². The summed E-state index contributed by atoms with van der Waals surface area (Å²) < 4.78 is 0. The second-order valence-corrected chi connectivity index (χ2v) is 3.84. The molecular formula is C9H18N2O2. The number of carbonyl (C=O) groups is 1. The lowest BCUT2D eigenvalue weighted by Gasteiger charge is -2.23. The summed E-state index contributed by atoms with van der Waals surface area (Å²) in [5, 5.41) is 5.90. The van der Waals surface area contributed by atoms with E-state index >= 15 is 0 Å². The molecule has 0 atom stereocenters. The summed E-state index contributed by atoms with van der Waals surface area (Å²) in [5.41, 5.74) is -0.0615. The highest BCUT2D eigenvalue weighted by Crippen LogP contribution is 2.23. The van der Waals surface area contributed by atoms with E-state index < -0.39 is 6.09 Å². The standard InChI is InChI=1S/C9H18N2O2/c1-7(2)9(3,4)6-11-13-8(12)10-5/h6-7H,1-5H3,(H,10,12)/b11-6+. The molecule has 0 unspecified atom stereocenters. The van der Waals surface area contributed by atoms with Crippen LogP contribution >= 0.6 is 0 Å². The lowest BCUT2D eigenvalue weighted by molar-refractivity contribution is 0.152. The van der Waals surface area contributed by atoms with Gasteiger partial charge in [-0.1, -0.05) is 32.9 Å². The normalized spacial score (nSPS) is 12.2. The fourth-order valence-electron chi connectivity index (χ4n) is 0.405. The minimum Gasteiger partial charge on any atom is -0.323 e. The molecule has 0 saturated heterocycles. The van der Waals surface area contributed by atoms with Crippen molar-refractivity contribution in [2.45, 2.75) is 27.7 Å². The van der Waals surface area contributed by atoms with E-state index in [9.17, 15) is 4.79 Å². The highest BCUT2D eigenvalue weighted by atomic mass is 16.7. The van der Waals surface area contributed by atoms with Crippen molar-refractivity contribution < 1.29 is 9.63 Å². The summed E-state index contributed by atoms with van der Waals surface area (Å²) in [6.07, 6.45) is 1.10. The molecule has 0 saturated carbocycles. The summed E-state index contributed by atoms with van der Waals surface area (Å²) in [7, 11) is 1.49. The van der Waals surface area contributed by atoms with Crippen molar-refractivity contribution in [2.24, 2.45) is 16.5 Å². The highest BCUT2D eigenvalue weighted by Gasteiger charge is 2.19. The first-order valence-corrected chi connectivity index (χ1v) is 4.33. The second-order valence-electron chi connectivity index (χ2n) is 3.84. The van der Waals surface area contributed by atoms with Crippen LogP contribution in [-0.2, 0) is 4.84 Å². The van der Waals surface area contributed by atoms with Crippen LogP contribution in [0.15, 0.2) is 5.16 Å². The van der Waals surface area contributed by atoms with Crippen molar-refractivity contribution in [1.82, 2.24) is 5.32 Å². The molecule has 0 aromatic carbocycles. The predicted octanol–water partition coefficient (Wildman–Crippen LogP) is 2.01. The molecule has 0 spiro atoms. The molecule has 0 aliphatic carbocycles. The third kappa shape index (κ3) is 4.50. The van der Waals surface area contributed by atoms with Gasteiger partial charge < -0.3 is 5.32 Å². The molecule has 0 aromatic heterocycles. The molecule has 0 aliphatic heterocycles. The predicted molar refractivity (Wildman–Crippen MR) is 52.7 cm³/mol. The van der Waals surface area contributed by atoms with Crippen molar-refractivity contribution in [3.8, 4) is 0 Å². The smallest absolute Gasteiger partial charge is 0.323 e. The Morgan fingerprint density at radius 1 is 1.54 bits per heavy atom. The molecule has 0 heterocycles. The molecule has 0 fully saturated rings. The average Bonchev–Trinajstić information content (AvgIpc) is 2.03. The number of hydrogen-bond donors (Lipinski definition) is 1. The molecule has 4 nitrogen and oxygen atoms in total. The van der Waals surface area contributed by atoms with Gasteiger partial charge in [0.05, 0.1) is 6.21 Å². The molecule has 1 amide bonds. The van der Waals surface area contributed by atoms with Gasteiger partial charge in [0.15, 0.2) is 0 Å². The van der Waals surface area contributed by atoms with Crippen LogP contribution in [0.1, 0.15) is 27.7 Å². The van der Waals surface area contributed by atoms with Crippen LogP contribution in [0.2, 0.25) is 0 Å². The first-order chi connectivity index (χ1) is 5.90. The lowest BCUT2D eigenvalue weighted by atomic mass is 9.83. The Morgan fingerprint density at radius 2 is 2.08 bits per heavy atom. The Balaban J connectivity index is 4.04. The first kappa shape index (κ1) is 11.9. The quantitative estimate of drug-likeness (QED) is 0.416. The molecule has 0 aromatic rings. The van der Waals surface area contributed by atoms with Gasteiger partial charge in [-0.25, -0.2) is 4.79 Å². The van der Waals surface area contributed by atoms with E-state index in [2.05, 4.69) is 29.2 Å². The number of rotatable bonds is 3. The Labute approximate surface area is 79.3 Å². The summed E-state index contributed by atoms with van der Waals surface area (Å²) in [6, 6.07) is 0. The molecule has 76 valence electrons. The Morgan fingerprint density at radius 3 is 2.46 bits per heavy atom. The number of amides is 1. The van der Waals surface area contributed by atoms with Crippen LogP contribution in [0.5, 0.6) is 0 Å². The molecular weight excluding hydrogens is 168 g/mol. The van der Waals surface area contributed by atoms with Crippen LogP contribution < -0.4 is 5.32 Å². The van der Waals surface area contributed by atoms with Gasteiger partial charge in [-0.2, -0.15) is 0 Å². The lowest BCUT2D eigenvalue weighted by Crippen LogP contribution is -2.22. The van der Waals surface area contributed by atoms with E-state index in [1.165, 1.54) is 7.05 Å². The second kappa shape index (κ2) is 4.84. The van der Waals surface area contributed by atoms with Gasteiger partial charge in [-0.05, 0) is 5.92 Å². The van der Waals surface area contributed by atoms with Crippen LogP contribution in [0.3, 0.4) is 0 Å². The molecule has 0 aliphatic rings. The van der Waals surface area contributed by atoms with Crippen molar-refractivity contribution >= 4 is 12.3 Å². The molecule has 0 rings (SSSR count). The van der Waals surface area contributed by atoms with Crippen LogP contribution in [0.25, 0.3) is 0 Å². The monoisotopic (exact) mass is 186 g/mol. The highest BCUT2D eigenvalue weighted by molar-refractivity contribution is 5.69. The minimum absolute atomic E-state index is 0.0615. The Bertz CT molecular complexity index is 198. The van der Waals surface area contributed by atoms with Crippen molar-refractivity contribution in [3.05, 3.63) is 0 Å². The van der Waals surface area contributed by atoms with Gasteiger partial charge in [0.2, 0.25) is 0 Å². The third-order valence-corrected chi connectivity index (χ3v) is 2.21. The largest absolute Gasteiger partial charge is 0.433 e. The van der Waals surface area contributed by atoms with Gasteiger partial charge in [0, 0.05) is 12.5 Å². The van der Waals surface area contributed by atoms with Crippen LogP contribution in [-0.4, -0.2) is 19.4 Å². The van der Waals surface area contributed by atoms with Gasteiger partial charge in [0.1, 0.15) is 0 Å². The van der Waals surface area contributed by atoms with E-state index in [1.807, 2.05) is 13.8 Å². The van der Waals surface area contributed by atoms with Crippen molar-refractivity contribution in [3.63, 3.8) is 0 Å². The first-order valence-electron chi connectivity index (χ1n) is 4.33. The zero-order valence-electron chi connectivity index (χ0n) is 8.92. The van der Waals surface area contributed by atoms with Crippen molar-refractivity contribution in [2.75, 3.05) is 7.05 Å². The maximum atomic E-state index is 10.6. The number of nitrogens with zero attached hydrogens (tertiary/aromatic N) is 1. The molecule has 13 heavy (non-hydrogen) atoms. The van der Waals surface area contributed by atoms with E-state index in [4.69, 9.17) is 0 Å². The number of nitrogens with one attached hydrogen (secondary N) is 1. The maximum absolute atomic E-state index is 10.6. The topological polar surface area (TPSA) is 50.7 Å². The SMILES string of the molecule is CNC(=O)O/N=C/C(C)(C)C(C)C. The van der Waals surface area contributed by atoms with Gasteiger partial charge in [-0.3, -0.25) is 4.84 Å². The summed E-state index contributed by atoms with van der Waals surface area (Å²) in [5.74, 6) is 0.449. The Hall–Kier alpha value is -1.06. The molecule has 4 heteroatoms. The van der Waals surface area contributed by atoms with E-state index in [0.29, 0.717) is 5.92 Å². The van der Waals surface area contributed by atoms with E-state index in [-0.39, 0.29) is 5.41 Å². The minimum atomic E-state index is -0.546. The molecule has 0 radical (unpaired) electrons. The maximum Gasteiger partial charge on any atom is 0.433 e. The molecule has 0 bridgehead atoms. The zero-order valence-corrected chi connectivity index (χ0v) is 8.92. The van der Waals surface area contributed by atoms with E-state index in [0.717, 1.165) is 0 Å². The molecule has 1 N–H and O–H groups in total.